The Balaban J connectivity index is 1.61. The van der Waals surface area contributed by atoms with Gasteiger partial charge >= 0.3 is 5.97 Å². The van der Waals surface area contributed by atoms with Gasteiger partial charge in [0.25, 0.3) is 0 Å². The highest BCUT2D eigenvalue weighted by Gasteiger charge is 2.17. The second-order valence-corrected chi connectivity index (χ2v) is 5.20. The lowest BCUT2D eigenvalue weighted by Gasteiger charge is -2.10. The van der Waals surface area contributed by atoms with Gasteiger partial charge in [0.15, 0.2) is 0 Å². The van der Waals surface area contributed by atoms with Crippen LogP contribution in [0.15, 0.2) is 66.9 Å². The van der Waals surface area contributed by atoms with Crippen LogP contribution in [-0.4, -0.2) is 21.0 Å². The molecule has 3 rings (SSSR count). The van der Waals surface area contributed by atoms with E-state index in [1.54, 1.807) is 6.20 Å². The number of para-hydroxylation sites is 1. The maximum absolute atomic E-state index is 12.1. The van der Waals surface area contributed by atoms with Crippen LogP contribution in [0.5, 0.6) is 0 Å². The zero-order valence-corrected chi connectivity index (χ0v) is 12.8. The van der Waals surface area contributed by atoms with E-state index in [0.29, 0.717) is 5.69 Å². The summed E-state index contributed by atoms with van der Waals surface area (Å²) >= 11 is 0. The SMILES string of the molecule is C[C@H](C(=O)OCc1cnn(-c2ccccc2)n1)c1ccccc1. The molecular weight excluding hydrogens is 290 g/mol. The fourth-order valence-corrected chi connectivity index (χ4v) is 2.19. The number of ether oxygens (including phenoxy) is 1. The van der Waals surface area contributed by atoms with Crippen LogP contribution in [0.3, 0.4) is 0 Å². The highest BCUT2D eigenvalue weighted by molar-refractivity contribution is 5.77. The number of esters is 1. The van der Waals surface area contributed by atoms with E-state index in [1.807, 2.05) is 67.6 Å². The van der Waals surface area contributed by atoms with Gasteiger partial charge in [-0.3, -0.25) is 4.79 Å². The van der Waals surface area contributed by atoms with Crippen LogP contribution in [0.25, 0.3) is 5.69 Å². The Kier molecular flexibility index (Phi) is 4.47. The molecule has 0 radical (unpaired) electrons. The van der Waals surface area contributed by atoms with E-state index in [1.165, 1.54) is 4.80 Å². The van der Waals surface area contributed by atoms with Gasteiger partial charge in [0.2, 0.25) is 0 Å². The van der Waals surface area contributed by atoms with E-state index in [9.17, 15) is 4.79 Å². The van der Waals surface area contributed by atoms with Crippen molar-refractivity contribution >= 4 is 5.97 Å². The van der Waals surface area contributed by atoms with Crippen LogP contribution in [0.4, 0.5) is 0 Å². The monoisotopic (exact) mass is 307 g/mol. The van der Waals surface area contributed by atoms with E-state index < -0.39 is 0 Å². The van der Waals surface area contributed by atoms with Crippen LogP contribution >= 0.6 is 0 Å². The minimum atomic E-state index is -0.305. The van der Waals surface area contributed by atoms with Crippen LogP contribution in [0, 0.1) is 0 Å². The Hall–Kier alpha value is -2.95. The lowest BCUT2D eigenvalue weighted by Crippen LogP contribution is -2.13. The molecule has 0 unspecified atom stereocenters. The molecule has 116 valence electrons. The summed E-state index contributed by atoms with van der Waals surface area (Å²) in [5.41, 5.74) is 2.41. The zero-order chi connectivity index (χ0) is 16.1. The fraction of sp³-hybridized carbons (Fsp3) is 0.167. The molecule has 23 heavy (non-hydrogen) atoms. The summed E-state index contributed by atoms with van der Waals surface area (Å²) in [6, 6.07) is 19.1. The summed E-state index contributed by atoms with van der Waals surface area (Å²) in [5, 5.41) is 8.49. The summed E-state index contributed by atoms with van der Waals surface area (Å²) in [4.78, 5) is 13.6. The highest BCUT2D eigenvalue weighted by atomic mass is 16.5. The average molecular weight is 307 g/mol. The summed E-state index contributed by atoms with van der Waals surface area (Å²) in [7, 11) is 0. The molecule has 0 aliphatic heterocycles. The lowest BCUT2D eigenvalue weighted by atomic mass is 10.0. The minimum Gasteiger partial charge on any atom is -0.459 e. The van der Waals surface area contributed by atoms with Crippen LogP contribution in [-0.2, 0) is 16.1 Å². The Bertz CT molecular complexity index is 769. The molecular formula is C18H17N3O2. The van der Waals surface area contributed by atoms with E-state index >= 15 is 0 Å². The van der Waals surface area contributed by atoms with Crippen molar-refractivity contribution in [1.82, 2.24) is 15.0 Å². The number of rotatable bonds is 5. The molecule has 0 saturated heterocycles. The molecule has 1 heterocycles. The molecule has 0 aliphatic carbocycles. The third-order valence-corrected chi connectivity index (χ3v) is 3.54. The van der Waals surface area contributed by atoms with Gasteiger partial charge in [0.1, 0.15) is 12.3 Å². The average Bonchev–Trinajstić information content (AvgIpc) is 3.09. The van der Waals surface area contributed by atoms with Gasteiger partial charge in [0.05, 0.1) is 17.8 Å². The van der Waals surface area contributed by atoms with Gasteiger partial charge in [-0.15, -0.1) is 5.10 Å². The molecule has 5 nitrogen and oxygen atoms in total. The standard InChI is InChI=1S/C18H17N3O2/c1-14(15-8-4-2-5-9-15)18(22)23-13-16-12-19-21(20-16)17-10-6-3-7-11-17/h2-12,14H,13H2,1H3/t14-/m0/s1. The maximum atomic E-state index is 12.1. The molecule has 0 N–H and O–H groups in total. The number of hydrogen-bond donors (Lipinski definition) is 0. The van der Waals surface area contributed by atoms with Crippen molar-refractivity contribution in [2.45, 2.75) is 19.4 Å². The number of benzene rings is 2. The summed E-state index contributed by atoms with van der Waals surface area (Å²) in [6.07, 6.45) is 1.60. The van der Waals surface area contributed by atoms with Gasteiger partial charge in [0, 0.05) is 0 Å². The van der Waals surface area contributed by atoms with Crippen LogP contribution < -0.4 is 0 Å². The van der Waals surface area contributed by atoms with E-state index in [2.05, 4.69) is 10.2 Å². The second-order valence-electron chi connectivity index (χ2n) is 5.20. The van der Waals surface area contributed by atoms with Gasteiger partial charge in [-0.05, 0) is 24.6 Å². The van der Waals surface area contributed by atoms with Crippen LogP contribution in [0.1, 0.15) is 24.1 Å². The molecule has 1 aromatic heterocycles. The van der Waals surface area contributed by atoms with Crippen LogP contribution in [0.2, 0.25) is 0 Å². The van der Waals surface area contributed by atoms with Crippen molar-refractivity contribution in [2.75, 3.05) is 0 Å². The molecule has 0 aliphatic rings. The van der Waals surface area contributed by atoms with Crippen molar-refractivity contribution < 1.29 is 9.53 Å². The van der Waals surface area contributed by atoms with E-state index in [-0.39, 0.29) is 18.5 Å². The normalized spacial score (nSPS) is 11.9. The first kappa shape index (κ1) is 15.0. The predicted molar refractivity (Wildman–Crippen MR) is 86.0 cm³/mol. The Morgan fingerprint density at radius 2 is 1.74 bits per heavy atom. The van der Waals surface area contributed by atoms with Gasteiger partial charge in [-0.25, -0.2) is 0 Å². The first-order valence-electron chi connectivity index (χ1n) is 7.42. The second kappa shape index (κ2) is 6.87. The Morgan fingerprint density at radius 1 is 1.09 bits per heavy atom. The van der Waals surface area contributed by atoms with Crippen molar-refractivity contribution in [3.8, 4) is 5.69 Å². The highest BCUT2D eigenvalue weighted by Crippen LogP contribution is 2.16. The number of hydrogen-bond acceptors (Lipinski definition) is 4. The molecule has 0 amide bonds. The third-order valence-electron chi connectivity index (χ3n) is 3.54. The summed E-state index contributed by atoms with van der Waals surface area (Å²) in [6.45, 7) is 1.95. The summed E-state index contributed by atoms with van der Waals surface area (Å²) < 4.78 is 5.34. The largest absolute Gasteiger partial charge is 0.459 e. The predicted octanol–water partition coefficient (Wildman–Crippen LogP) is 3.11. The van der Waals surface area contributed by atoms with Crippen molar-refractivity contribution in [3.63, 3.8) is 0 Å². The van der Waals surface area contributed by atoms with Gasteiger partial charge in [-0.1, -0.05) is 48.5 Å². The first-order valence-corrected chi connectivity index (χ1v) is 7.42. The molecule has 5 heteroatoms. The number of carbonyl (C=O) groups excluding carboxylic acids is 1. The third kappa shape index (κ3) is 3.63. The molecule has 3 aromatic rings. The van der Waals surface area contributed by atoms with Crippen molar-refractivity contribution in [1.29, 1.82) is 0 Å². The summed E-state index contributed by atoms with van der Waals surface area (Å²) in [5.74, 6) is -0.578. The number of nitrogens with zero attached hydrogens (tertiary/aromatic N) is 3. The minimum absolute atomic E-state index is 0.114. The fourth-order valence-electron chi connectivity index (χ4n) is 2.19. The topological polar surface area (TPSA) is 57.0 Å². The van der Waals surface area contributed by atoms with E-state index in [0.717, 1.165) is 11.3 Å². The first-order chi connectivity index (χ1) is 11.2. The number of aromatic nitrogens is 3. The molecule has 2 aromatic carbocycles. The Labute approximate surface area is 134 Å². The van der Waals surface area contributed by atoms with Gasteiger partial charge in [-0.2, -0.15) is 9.90 Å². The molecule has 0 spiro atoms. The quantitative estimate of drug-likeness (QED) is 0.680. The van der Waals surface area contributed by atoms with Crippen molar-refractivity contribution in [2.24, 2.45) is 0 Å². The lowest BCUT2D eigenvalue weighted by molar-refractivity contribution is -0.146. The molecule has 0 bridgehead atoms. The van der Waals surface area contributed by atoms with E-state index in [4.69, 9.17) is 4.74 Å². The zero-order valence-electron chi connectivity index (χ0n) is 12.8. The maximum Gasteiger partial charge on any atom is 0.313 e. The molecule has 0 saturated carbocycles. The molecule has 0 fully saturated rings. The molecule has 1 atom stereocenters. The Morgan fingerprint density at radius 3 is 2.43 bits per heavy atom. The van der Waals surface area contributed by atoms with Crippen molar-refractivity contribution in [3.05, 3.63) is 78.1 Å². The number of carbonyl (C=O) groups is 1. The van der Waals surface area contributed by atoms with Gasteiger partial charge < -0.3 is 4.74 Å². The smallest absolute Gasteiger partial charge is 0.313 e.